The van der Waals surface area contributed by atoms with Crippen LogP contribution in [0.1, 0.15) is 18.4 Å². The monoisotopic (exact) mass is 528 g/mol. The van der Waals surface area contributed by atoms with Gasteiger partial charge in [0.05, 0.1) is 17.7 Å². The average Bonchev–Trinajstić information content (AvgIpc) is 2.95. The number of hydrogen-bond acceptors (Lipinski definition) is 5. The Labute approximate surface area is 225 Å². The van der Waals surface area contributed by atoms with E-state index in [9.17, 15) is 8.42 Å². The number of benzene rings is 4. The minimum atomic E-state index is -3.84. The number of sulfonamides is 1. The van der Waals surface area contributed by atoms with Crippen LogP contribution in [0, 0.1) is 0 Å². The molecule has 1 fully saturated rings. The van der Waals surface area contributed by atoms with Gasteiger partial charge in [-0.2, -0.15) is 0 Å². The SMILES string of the molecule is COc1ccc(S(=O)(=O)N(c2cccc(Oc3ccccc3)c2)C2CCN(Cc3ccccc3)CC2)cc1. The van der Waals surface area contributed by atoms with E-state index in [-0.39, 0.29) is 10.9 Å². The van der Waals surface area contributed by atoms with Crippen molar-refractivity contribution in [3.63, 3.8) is 0 Å². The van der Waals surface area contributed by atoms with Gasteiger partial charge in [0.2, 0.25) is 0 Å². The van der Waals surface area contributed by atoms with Crippen LogP contribution in [-0.2, 0) is 16.6 Å². The normalized spacial score (nSPS) is 14.7. The molecule has 1 aliphatic rings. The minimum Gasteiger partial charge on any atom is -0.497 e. The molecule has 4 aromatic carbocycles. The molecule has 1 aliphatic heterocycles. The molecule has 0 spiro atoms. The van der Waals surface area contributed by atoms with Gasteiger partial charge in [0.15, 0.2) is 0 Å². The molecule has 196 valence electrons. The van der Waals surface area contributed by atoms with Crippen molar-refractivity contribution in [2.75, 3.05) is 24.5 Å². The Balaban J connectivity index is 1.43. The molecule has 0 unspecified atom stereocenters. The van der Waals surface area contributed by atoms with Crippen molar-refractivity contribution in [2.45, 2.75) is 30.3 Å². The van der Waals surface area contributed by atoms with Crippen LogP contribution >= 0.6 is 0 Å². The first-order chi connectivity index (χ1) is 18.5. The predicted molar refractivity (Wildman–Crippen MR) is 150 cm³/mol. The van der Waals surface area contributed by atoms with Crippen LogP contribution in [0.15, 0.2) is 114 Å². The summed E-state index contributed by atoms with van der Waals surface area (Å²) in [6.07, 6.45) is 1.46. The molecule has 0 saturated carbocycles. The van der Waals surface area contributed by atoms with Gasteiger partial charge in [0, 0.05) is 31.7 Å². The number of hydrogen-bond donors (Lipinski definition) is 0. The number of methoxy groups -OCH3 is 1. The first-order valence-corrected chi connectivity index (χ1v) is 14.2. The maximum absolute atomic E-state index is 14.1. The number of anilines is 1. The molecule has 0 atom stereocenters. The van der Waals surface area contributed by atoms with E-state index in [0.29, 0.717) is 22.9 Å². The van der Waals surface area contributed by atoms with Crippen molar-refractivity contribution in [3.8, 4) is 17.2 Å². The van der Waals surface area contributed by atoms with Crippen LogP contribution < -0.4 is 13.8 Å². The lowest BCUT2D eigenvalue weighted by Gasteiger charge is -2.39. The quantitative estimate of drug-likeness (QED) is 0.253. The molecule has 7 heteroatoms. The van der Waals surface area contributed by atoms with Crippen LogP contribution in [0.4, 0.5) is 5.69 Å². The summed E-state index contributed by atoms with van der Waals surface area (Å²) < 4.78 is 41.1. The van der Waals surface area contributed by atoms with Crippen molar-refractivity contribution in [3.05, 3.63) is 115 Å². The molecule has 0 aliphatic carbocycles. The molecule has 6 nitrogen and oxygen atoms in total. The molecule has 5 rings (SSSR count). The summed E-state index contributed by atoms with van der Waals surface area (Å²) >= 11 is 0. The molecule has 0 amide bonds. The second-order valence-electron chi connectivity index (χ2n) is 9.38. The molecule has 4 aromatic rings. The lowest BCUT2D eigenvalue weighted by molar-refractivity contribution is 0.206. The molecule has 38 heavy (non-hydrogen) atoms. The second kappa shape index (κ2) is 11.7. The second-order valence-corrected chi connectivity index (χ2v) is 11.2. The molecular weight excluding hydrogens is 496 g/mol. The third kappa shape index (κ3) is 6.01. The van der Waals surface area contributed by atoms with Gasteiger partial charge in [0.1, 0.15) is 17.2 Å². The highest BCUT2D eigenvalue weighted by molar-refractivity contribution is 7.92. The summed E-state index contributed by atoms with van der Waals surface area (Å²) in [5, 5.41) is 0. The maximum Gasteiger partial charge on any atom is 0.264 e. The van der Waals surface area contributed by atoms with Gasteiger partial charge < -0.3 is 9.47 Å². The number of para-hydroxylation sites is 1. The van der Waals surface area contributed by atoms with Gasteiger partial charge in [-0.05, 0) is 66.9 Å². The maximum atomic E-state index is 14.1. The zero-order valence-corrected chi connectivity index (χ0v) is 22.3. The highest BCUT2D eigenvalue weighted by Crippen LogP contribution is 2.34. The van der Waals surface area contributed by atoms with Crippen molar-refractivity contribution in [1.82, 2.24) is 4.90 Å². The van der Waals surface area contributed by atoms with Gasteiger partial charge in [-0.1, -0.05) is 54.6 Å². The van der Waals surface area contributed by atoms with E-state index in [1.165, 1.54) is 5.56 Å². The number of ether oxygens (including phenoxy) is 2. The Kier molecular flexibility index (Phi) is 7.96. The highest BCUT2D eigenvalue weighted by atomic mass is 32.2. The standard InChI is InChI=1S/C31H32N2O4S/c1-36-28-15-17-31(18-16-28)38(34,35)33(26-19-21-32(22-20-26)24-25-9-4-2-5-10-25)27-11-8-14-30(23-27)37-29-12-6-3-7-13-29/h2-18,23,26H,19-22,24H2,1H3. The van der Waals surface area contributed by atoms with Gasteiger partial charge >= 0.3 is 0 Å². The lowest BCUT2D eigenvalue weighted by atomic mass is 10.0. The Bertz CT molecular complexity index is 1420. The van der Waals surface area contributed by atoms with Crippen molar-refractivity contribution in [1.29, 1.82) is 0 Å². The summed E-state index contributed by atoms with van der Waals surface area (Å²) in [6.45, 7) is 2.49. The molecular formula is C31H32N2O4S. The lowest BCUT2D eigenvalue weighted by Crippen LogP contribution is -2.47. The number of piperidine rings is 1. The van der Waals surface area contributed by atoms with Gasteiger partial charge in [-0.15, -0.1) is 0 Å². The largest absolute Gasteiger partial charge is 0.497 e. The number of likely N-dealkylation sites (tertiary alicyclic amines) is 1. The minimum absolute atomic E-state index is 0.180. The fourth-order valence-corrected chi connectivity index (χ4v) is 6.57. The fourth-order valence-electron chi connectivity index (χ4n) is 4.87. The van der Waals surface area contributed by atoms with E-state index in [4.69, 9.17) is 9.47 Å². The first kappa shape index (κ1) is 25.8. The molecule has 1 saturated heterocycles. The molecule has 0 N–H and O–H groups in total. The molecule has 1 heterocycles. The van der Waals surface area contributed by atoms with Gasteiger partial charge in [-0.3, -0.25) is 9.21 Å². The molecule has 0 aromatic heterocycles. The Morgan fingerprint density at radius 1 is 0.763 bits per heavy atom. The van der Waals surface area contributed by atoms with E-state index >= 15 is 0 Å². The topological polar surface area (TPSA) is 59.1 Å². The van der Waals surface area contributed by atoms with E-state index in [2.05, 4.69) is 29.2 Å². The number of nitrogens with zero attached hydrogens (tertiary/aromatic N) is 2. The smallest absolute Gasteiger partial charge is 0.264 e. The summed E-state index contributed by atoms with van der Waals surface area (Å²) in [5.74, 6) is 1.90. The third-order valence-corrected chi connectivity index (χ3v) is 8.70. The van der Waals surface area contributed by atoms with E-state index in [1.54, 1.807) is 35.7 Å². The highest BCUT2D eigenvalue weighted by Gasteiger charge is 2.34. The summed E-state index contributed by atoms with van der Waals surface area (Å²) in [7, 11) is -2.27. The van der Waals surface area contributed by atoms with Crippen molar-refractivity contribution >= 4 is 15.7 Å². The van der Waals surface area contributed by atoms with Gasteiger partial charge in [0.25, 0.3) is 10.0 Å². The Morgan fingerprint density at radius 3 is 2.05 bits per heavy atom. The summed E-state index contributed by atoms with van der Waals surface area (Å²) in [6, 6.07) is 33.6. The number of rotatable bonds is 9. The Hall–Kier alpha value is -3.81. The summed E-state index contributed by atoms with van der Waals surface area (Å²) in [5.41, 5.74) is 1.86. The van der Waals surface area contributed by atoms with Crippen LogP contribution in [0.3, 0.4) is 0 Å². The Morgan fingerprint density at radius 2 is 1.39 bits per heavy atom. The van der Waals surface area contributed by atoms with Crippen LogP contribution in [0.2, 0.25) is 0 Å². The molecule has 0 bridgehead atoms. The van der Waals surface area contributed by atoms with Crippen LogP contribution in [0.25, 0.3) is 0 Å². The third-order valence-electron chi connectivity index (χ3n) is 6.81. The van der Waals surface area contributed by atoms with E-state index in [1.807, 2.05) is 60.7 Å². The van der Waals surface area contributed by atoms with Crippen molar-refractivity contribution in [2.24, 2.45) is 0 Å². The van der Waals surface area contributed by atoms with E-state index in [0.717, 1.165) is 32.5 Å². The fraction of sp³-hybridized carbons (Fsp3) is 0.226. The van der Waals surface area contributed by atoms with Crippen LogP contribution in [0.5, 0.6) is 17.2 Å². The average molecular weight is 529 g/mol. The predicted octanol–water partition coefficient (Wildman–Crippen LogP) is 6.35. The van der Waals surface area contributed by atoms with Gasteiger partial charge in [-0.25, -0.2) is 8.42 Å². The molecule has 0 radical (unpaired) electrons. The zero-order chi connectivity index (χ0) is 26.4. The summed E-state index contributed by atoms with van der Waals surface area (Å²) in [4.78, 5) is 2.62. The van der Waals surface area contributed by atoms with E-state index < -0.39 is 10.0 Å². The van der Waals surface area contributed by atoms with Crippen LogP contribution in [-0.4, -0.2) is 39.6 Å². The van der Waals surface area contributed by atoms with Crippen molar-refractivity contribution < 1.29 is 17.9 Å². The first-order valence-electron chi connectivity index (χ1n) is 12.8. The zero-order valence-electron chi connectivity index (χ0n) is 21.4.